The highest BCUT2D eigenvalue weighted by molar-refractivity contribution is 7.80. The van der Waals surface area contributed by atoms with Crippen LogP contribution in [0.5, 0.6) is 0 Å². The molecule has 1 aliphatic rings. The van der Waals surface area contributed by atoms with Crippen LogP contribution >= 0.6 is 0 Å². The number of amides is 1. The van der Waals surface area contributed by atoms with Gasteiger partial charge in [-0.3, -0.25) is 9.35 Å². The van der Waals surface area contributed by atoms with Gasteiger partial charge in [-0.2, -0.15) is 8.42 Å². The van der Waals surface area contributed by atoms with E-state index in [1.807, 2.05) is 0 Å². The number of aliphatic hydroxyl groups is 5. The van der Waals surface area contributed by atoms with Gasteiger partial charge < -0.3 is 40.3 Å². The van der Waals surface area contributed by atoms with Gasteiger partial charge in [-0.25, -0.2) is 4.18 Å². The molecule has 0 radical (unpaired) electrons. The highest BCUT2D eigenvalue weighted by Gasteiger charge is 2.48. The lowest BCUT2D eigenvalue weighted by molar-refractivity contribution is -0.298. The number of unbranched alkanes of at least 4 members (excludes halogenated alkanes) is 30. The zero-order valence-electron chi connectivity index (χ0n) is 44.6. The lowest BCUT2D eigenvalue weighted by atomic mass is 9.99. The maximum Gasteiger partial charge on any atom is 0.397 e. The lowest BCUT2D eigenvalue weighted by Crippen LogP contribution is -2.61. The van der Waals surface area contributed by atoms with Gasteiger partial charge >= 0.3 is 10.4 Å². The first kappa shape index (κ1) is 67.0. The summed E-state index contributed by atoms with van der Waals surface area (Å²) in [6.07, 6.45) is 48.4. The van der Waals surface area contributed by atoms with Crippen molar-refractivity contribution in [3.63, 3.8) is 0 Å². The van der Waals surface area contributed by atoms with E-state index in [-0.39, 0.29) is 6.42 Å². The van der Waals surface area contributed by atoms with Gasteiger partial charge in [0.05, 0.1) is 25.4 Å². The zero-order chi connectivity index (χ0) is 52.1. The minimum absolute atomic E-state index is 0.236. The largest absolute Gasteiger partial charge is 0.397 e. The summed E-state index contributed by atoms with van der Waals surface area (Å²) in [6, 6.07) is -1.14. The Labute approximate surface area is 432 Å². The average Bonchev–Trinajstić information content (AvgIpc) is 3.35. The molecule has 0 spiro atoms. The van der Waals surface area contributed by atoms with Crippen molar-refractivity contribution in [3.05, 3.63) is 48.6 Å². The van der Waals surface area contributed by atoms with Crippen molar-refractivity contribution >= 4 is 16.3 Å². The van der Waals surface area contributed by atoms with Gasteiger partial charge in [0.1, 0.15) is 30.5 Å². The second-order valence-electron chi connectivity index (χ2n) is 20.0. The van der Waals surface area contributed by atoms with Crippen LogP contribution in [0, 0.1) is 0 Å². The SMILES string of the molecule is CCCC/C=C/CC/C=C/C(O)C(COC1OC(CO)C(O)C(OS(=O)(=O)O)C1O)NC(=O)C(O)CCCCCCCCCCCCCCCCCC/C=C\C/C=C\CCCCCCCCCCCCC. The van der Waals surface area contributed by atoms with Crippen molar-refractivity contribution < 1.29 is 57.0 Å². The Kier molecular flexibility index (Phi) is 43.9. The van der Waals surface area contributed by atoms with E-state index in [9.17, 15) is 43.3 Å². The molecule has 1 amide bonds. The number of nitrogens with one attached hydrogen (secondary N) is 1. The average molecular weight is 1030 g/mol. The lowest BCUT2D eigenvalue weighted by Gasteiger charge is -2.41. The predicted octanol–water partition coefficient (Wildman–Crippen LogP) is 12.1. The number of allylic oxidation sites excluding steroid dienone is 7. The molecule has 1 saturated heterocycles. The normalized spacial score (nSPS) is 20.3. The second-order valence-corrected chi connectivity index (χ2v) is 21.1. The molecule has 0 aromatic rings. The molecule has 8 unspecified atom stereocenters. The van der Waals surface area contributed by atoms with E-state index in [2.05, 4.69) is 59.8 Å². The Balaban J connectivity index is 2.19. The fourth-order valence-corrected chi connectivity index (χ4v) is 9.42. The molecule has 0 aromatic carbocycles. The molecule has 1 aliphatic heterocycles. The summed E-state index contributed by atoms with van der Waals surface area (Å²) in [7, 11) is -5.12. The highest BCUT2D eigenvalue weighted by Crippen LogP contribution is 2.26. The molecule has 71 heavy (non-hydrogen) atoms. The molecule has 13 nitrogen and oxygen atoms in total. The van der Waals surface area contributed by atoms with E-state index in [0.717, 1.165) is 51.4 Å². The number of hydrogen-bond acceptors (Lipinski definition) is 11. The Morgan fingerprint density at radius 3 is 1.48 bits per heavy atom. The summed E-state index contributed by atoms with van der Waals surface area (Å²) in [5.41, 5.74) is 0. The summed E-state index contributed by atoms with van der Waals surface area (Å²) in [5.74, 6) is -0.715. The zero-order valence-corrected chi connectivity index (χ0v) is 45.5. The van der Waals surface area contributed by atoms with Crippen molar-refractivity contribution in [2.45, 2.75) is 294 Å². The number of carbonyl (C=O) groups excluding carboxylic acids is 1. The molecule has 0 aliphatic carbocycles. The van der Waals surface area contributed by atoms with Crippen LogP contribution in [0.2, 0.25) is 0 Å². The van der Waals surface area contributed by atoms with E-state index in [4.69, 9.17) is 9.47 Å². The predicted molar refractivity (Wildman–Crippen MR) is 288 cm³/mol. The van der Waals surface area contributed by atoms with Crippen molar-refractivity contribution in [2.75, 3.05) is 13.2 Å². The van der Waals surface area contributed by atoms with Crippen molar-refractivity contribution in [1.29, 1.82) is 0 Å². The smallest absolute Gasteiger partial charge is 0.394 e. The summed E-state index contributed by atoms with van der Waals surface area (Å²) in [4.78, 5) is 13.1. The molecule has 0 bridgehead atoms. The van der Waals surface area contributed by atoms with E-state index in [1.54, 1.807) is 6.08 Å². The van der Waals surface area contributed by atoms with Gasteiger partial charge in [0.2, 0.25) is 5.91 Å². The molecule has 1 fully saturated rings. The van der Waals surface area contributed by atoms with Gasteiger partial charge in [0.25, 0.3) is 0 Å². The van der Waals surface area contributed by atoms with Gasteiger partial charge in [0, 0.05) is 0 Å². The third-order valence-corrected chi connectivity index (χ3v) is 13.9. The third kappa shape index (κ3) is 38.3. The molecule has 0 saturated carbocycles. The maximum atomic E-state index is 13.1. The molecule has 8 atom stereocenters. The summed E-state index contributed by atoms with van der Waals surface area (Å²) < 4.78 is 47.5. The van der Waals surface area contributed by atoms with Crippen molar-refractivity contribution in [2.24, 2.45) is 0 Å². The van der Waals surface area contributed by atoms with Gasteiger partial charge in [-0.1, -0.05) is 236 Å². The monoisotopic (exact) mass is 1030 g/mol. The Morgan fingerprint density at radius 2 is 1.00 bits per heavy atom. The molecule has 7 N–H and O–H groups in total. The summed E-state index contributed by atoms with van der Waals surface area (Å²) >= 11 is 0. The number of rotatable bonds is 49. The minimum Gasteiger partial charge on any atom is -0.394 e. The summed E-state index contributed by atoms with van der Waals surface area (Å²) in [6.45, 7) is 3.13. The van der Waals surface area contributed by atoms with Crippen LogP contribution in [0.4, 0.5) is 0 Å². The van der Waals surface area contributed by atoms with Crippen LogP contribution in [0.1, 0.15) is 245 Å². The topological polar surface area (TPSA) is 212 Å². The van der Waals surface area contributed by atoms with Crippen LogP contribution in [0.3, 0.4) is 0 Å². The fraction of sp³-hybridized carbons (Fsp3) is 0.842. The first-order valence-electron chi connectivity index (χ1n) is 28.6. The van der Waals surface area contributed by atoms with E-state index < -0.39 is 78.5 Å². The van der Waals surface area contributed by atoms with Gasteiger partial charge in [0.15, 0.2) is 6.29 Å². The molecular weight excluding hydrogens is 923 g/mol. The van der Waals surface area contributed by atoms with Crippen LogP contribution < -0.4 is 5.32 Å². The quantitative estimate of drug-likeness (QED) is 0.0172. The Bertz CT molecular complexity index is 1460. The number of carbonyl (C=O) groups is 1. The van der Waals surface area contributed by atoms with E-state index >= 15 is 0 Å². The van der Waals surface area contributed by atoms with Crippen molar-refractivity contribution in [3.8, 4) is 0 Å². The number of ether oxygens (including phenoxy) is 2. The molecular formula is C57H105NO12S. The second kappa shape index (κ2) is 46.5. The first-order valence-corrected chi connectivity index (χ1v) is 30.0. The first-order chi connectivity index (χ1) is 34.4. The molecule has 1 heterocycles. The van der Waals surface area contributed by atoms with E-state index in [1.165, 1.54) is 167 Å². The van der Waals surface area contributed by atoms with Gasteiger partial charge in [-0.05, 0) is 57.8 Å². The minimum atomic E-state index is -5.12. The van der Waals surface area contributed by atoms with Crippen LogP contribution in [-0.4, -0.2) is 107 Å². The number of hydrogen-bond donors (Lipinski definition) is 7. The van der Waals surface area contributed by atoms with Crippen LogP contribution in [0.15, 0.2) is 48.6 Å². The van der Waals surface area contributed by atoms with Crippen molar-refractivity contribution in [1.82, 2.24) is 5.32 Å². The summed E-state index contributed by atoms with van der Waals surface area (Å²) in [5, 5.41) is 55.1. The van der Waals surface area contributed by atoms with Crippen LogP contribution in [-0.2, 0) is 28.9 Å². The Morgan fingerprint density at radius 1 is 0.577 bits per heavy atom. The molecule has 0 aromatic heterocycles. The maximum absolute atomic E-state index is 13.1. The Hall–Kier alpha value is -1.98. The highest BCUT2D eigenvalue weighted by atomic mass is 32.3. The number of aliphatic hydroxyl groups excluding tert-OH is 5. The molecule has 14 heteroatoms. The fourth-order valence-electron chi connectivity index (χ4n) is 8.91. The molecule has 1 rings (SSSR count). The standard InChI is InChI=1S/C57H105NO12S/c1-3-5-7-9-11-13-14-15-16-17-18-19-20-21-22-23-24-25-26-27-28-29-30-31-32-33-34-35-36-37-38-40-42-44-46-51(61)56(64)58-49(50(60)45-43-41-39-12-10-8-6-4-2)48-68-57-54(63)55(70-71(65,66)67)53(62)52(47-59)69-57/h10,12,20-21,23-24,43,45,49-55,57,59-63H,3-9,11,13-19,22,25-42,44,46-48H2,1-2H3,(H,58,64)(H,65,66,67)/b12-10+,21-20-,24-23-,45-43+. The van der Waals surface area contributed by atoms with Gasteiger partial charge in [-0.15, -0.1) is 0 Å². The van der Waals surface area contributed by atoms with Crippen LogP contribution in [0.25, 0.3) is 0 Å². The molecule has 416 valence electrons. The third-order valence-electron chi connectivity index (χ3n) is 13.4. The van der Waals surface area contributed by atoms with E-state index in [0.29, 0.717) is 12.8 Å².